The van der Waals surface area contributed by atoms with E-state index in [0.29, 0.717) is 0 Å². The number of epoxide rings is 1. The van der Waals surface area contributed by atoms with Gasteiger partial charge in [0.2, 0.25) is 5.91 Å². The first-order chi connectivity index (χ1) is 12.6. The monoisotopic (exact) mass is 391 g/mol. The number of rotatable bonds is 5. The number of nitrogens with zero attached hydrogens (tertiary/aromatic N) is 1. The number of amides is 1. The second kappa shape index (κ2) is 7.24. The Balaban J connectivity index is 1.84. The molecule has 0 aromatic carbocycles. The Hall–Kier alpha value is -1.34. The van der Waals surface area contributed by atoms with Crippen LogP contribution in [0.5, 0.6) is 0 Å². The van der Waals surface area contributed by atoms with Gasteiger partial charge in [0, 0.05) is 19.9 Å². The zero-order valence-corrected chi connectivity index (χ0v) is 15.2. The van der Waals surface area contributed by atoms with Crippen molar-refractivity contribution in [3.63, 3.8) is 0 Å². The topological polar surface area (TPSA) is 159 Å². The minimum atomic E-state index is -1.84. The van der Waals surface area contributed by atoms with E-state index < -0.39 is 67.1 Å². The van der Waals surface area contributed by atoms with E-state index >= 15 is 0 Å². The summed E-state index contributed by atoms with van der Waals surface area (Å²) in [6, 6.07) is -0.733. The van der Waals surface area contributed by atoms with E-state index in [0.717, 1.165) is 0 Å². The minimum absolute atomic E-state index is 0.0227. The van der Waals surface area contributed by atoms with Crippen molar-refractivity contribution in [1.29, 1.82) is 0 Å². The maximum atomic E-state index is 11.8. The van der Waals surface area contributed by atoms with E-state index in [4.69, 9.17) is 18.9 Å². The Morgan fingerprint density at radius 2 is 1.93 bits per heavy atom. The zero-order chi connectivity index (χ0) is 20.1. The lowest BCUT2D eigenvalue weighted by atomic mass is 9.92. The van der Waals surface area contributed by atoms with Crippen LogP contribution in [0.1, 0.15) is 13.8 Å². The molecule has 4 N–H and O–H groups in total. The van der Waals surface area contributed by atoms with Crippen molar-refractivity contribution in [1.82, 2.24) is 4.90 Å². The molecule has 0 aromatic heterocycles. The lowest BCUT2D eigenvalue weighted by Crippen LogP contribution is -2.63. The van der Waals surface area contributed by atoms with Crippen LogP contribution in [-0.4, -0.2) is 106 Å². The average Bonchev–Trinajstić information content (AvgIpc) is 3.33. The Morgan fingerprint density at radius 3 is 2.48 bits per heavy atom. The molecule has 0 bridgehead atoms. The second-order valence-corrected chi connectivity index (χ2v) is 7.19. The molecule has 9 unspecified atom stereocenters. The predicted molar refractivity (Wildman–Crippen MR) is 85.2 cm³/mol. The van der Waals surface area contributed by atoms with E-state index in [2.05, 4.69) is 0 Å². The largest absolute Gasteiger partial charge is 0.479 e. The molecule has 0 aromatic rings. The van der Waals surface area contributed by atoms with E-state index in [1.54, 1.807) is 0 Å². The highest BCUT2D eigenvalue weighted by molar-refractivity contribution is 5.73. The molecule has 11 heteroatoms. The molecule has 3 aliphatic heterocycles. The van der Waals surface area contributed by atoms with Gasteiger partial charge in [-0.2, -0.15) is 0 Å². The fraction of sp³-hybridized carbons (Fsp3) is 0.875. The van der Waals surface area contributed by atoms with Crippen molar-refractivity contribution in [2.75, 3.05) is 20.3 Å². The first-order valence-electron chi connectivity index (χ1n) is 8.71. The summed E-state index contributed by atoms with van der Waals surface area (Å²) in [6.07, 6.45) is -6.82. The van der Waals surface area contributed by atoms with Gasteiger partial charge in [0.1, 0.15) is 18.3 Å². The molecule has 3 heterocycles. The molecule has 11 nitrogen and oxygen atoms in total. The van der Waals surface area contributed by atoms with Crippen molar-refractivity contribution in [2.24, 2.45) is 5.92 Å². The number of hydrogen-bond donors (Lipinski definition) is 4. The molecule has 27 heavy (non-hydrogen) atoms. The highest BCUT2D eigenvalue weighted by Crippen LogP contribution is 2.50. The van der Waals surface area contributed by atoms with Crippen molar-refractivity contribution in [3.8, 4) is 0 Å². The van der Waals surface area contributed by atoms with Crippen LogP contribution in [0.3, 0.4) is 0 Å². The van der Waals surface area contributed by atoms with Crippen molar-refractivity contribution < 1.29 is 49.0 Å². The molecule has 3 fully saturated rings. The molecule has 3 saturated heterocycles. The first kappa shape index (κ1) is 20.4. The van der Waals surface area contributed by atoms with Crippen molar-refractivity contribution >= 4 is 11.9 Å². The van der Waals surface area contributed by atoms with Crippen LogP contribution in [-0.2, 0) is 28.5 Å². The van der Waals surface area contributed by atoms with Gasteiger partial charge in [-0.1, -0.05) is 6.92 Å². The molecule has 0 radical (unpaired) electrons. The zero-order valence-electron chi connectivity index (χ0n) is 15.2. The number of aliphatic carboxylic acids is 1. The molecular weight excluding hydrogens is 366 g/mol. The lowest BCUT2D eigenvalue weighted by molar-refractivity contribution is -0.319. The first-order valence-corrected chi connectivity index (χ1v) is 8.71. The fourth-order valence-electron chi connectivity index (χ4n) is 3.57. The van der Waals surface area contributed by atoms with Crippen LogP contribution in [0.2, 0.25) is 0 Å². The van der Waals surface area contributed by atoms with E-state index in [-0.39, 0.29) is 12.5 Å². The Morgan fingerprint density at radius 1 is 1.26 bits per heavy atom. The van der Waals surface area contributed by atoms with E-state index in [1.165, 1.54) is 25.8 Å². The van der Waals surface area contributed by atoms with Gasteiger partial charge >= 0.3 is 11.9 Å². The lowest BCUT2D eigenvalue weighted by Gasteiger charge is -2.44. The number of hydrogen-bond acceptors (Lipinski definition) is 9. The predicted octanol–water partition coefficient (Wildman–Crippen LogP) is -2.50. The van der Waals surface area contributed by atoms with Gasteiger partial charge in [0.15, 0.2) is 12.2 Å². The van der Waals surface area contributed by atoms with Gasteiger partial charge in [0.05, 0.1) is 25.4 Å². The molecule has 0 saturated carbocycles. The highest BCUT2D eigenvalue weighted by Gasteiger charge is 2.72. The molecule has 1 amide bonds. The van der Waals surface area contributed by atoms with Gasteiger partial charge in [-0.3, -0.25) is 4.79 Å². The van der Waals surface area contributed by atoms with E-state index in [1.807, 2.05) is 0 Å². The van der Waals surface area contributed by atoms with Crippen LogP contribution in [0, 0.1) is 5.92 Å². The quantitative estimate of drug-likeness (QED) is 0.369. The third kappa shape index (κ3) is 3.44. The number of likely N-dealkylation sites (N-methyl/N-ethyl adjacent to an activating group) is 1. The Kier molecular flexibility index (Phi) is 5.47. The third-order valence-corrected chi connectivity index (χ3v) is 5.50. The van der Waals surface area contributed by atoms with Crippen molar-refractivity contribution in [2.45, 2.75) is 62.5 Å². The van der Waals surface area contributed by atoms with Gasteiger partial charge in [0.25, 0.3) is 0 Å². The number of carboxylic acids is 1. The summed E-state index contributed by atoms with van der Waals surface area (Å²) in [5, 5.41) is 39.5. The van der Waals surface area contributed by atoms with Gasteiger partial charge in [-0.15, -0.1) is 0 Å². The van der Waals surface area contributed by atoms with Gasteiger partial charge in [-0.05, 0) is 0 Å². The standard InChI is InChI=1S/C16H25NO10/c1-6-10(20)14-16(27-14,25-12(6)15(22)23)26-13-8(17(3)7(2)19)5-24-9(4-18)11(13)21/h6,8-14,18,20-21H,4-5H2,1-3H3,(H,22,23). The van der Waals surface area contributed by atoms with Crippen LogP contribution in [0.25, 0.3) is 0 Å². The number of carbonyl (C=O) groups is 2. The van der Waals surface area contributed by atoms with Crippen molar-refractivity contribution in [3.05, 3.63) is 0 Å². The number of carbonyl (C=O) groups excluding carboxylic acids is 1. The van der Waals surface area contributed by atoms with Crippen LogP contribution in [0.15, 0.2) is 0 Å². The normalized spacial score (nSPS) is 46.4. The number of carboxylic acid groups (broad SMARTS) is 1. The maximum Gasteiger partial charge on any atom is 0.333 e. The smallest absolute Gasteiger partial charge is 0.333 e. The molecular formula is C16H25NO10. The number of fused-ring (bicyclic) bond motifs is 1. The number of aliphatic hydroxyl groups is 3. The summed E-state index contributed by atoms with van der Waals surface area (Å²) in [5.74, 6) is -4.16. The number of ether oxygens (including phenoxy) is 4. The van der Waals surface area contributed by atoms with Gasteiger partial charge in [-0.25, -0.2) is 4.79 Å². The third-order valence-electron chi connectivity index (χ3n) is 5.50. The summed E-state index contributed by atoms with van der Waals surface area (Å²) in [6.45, 7) is 2.35. The fourth-order valence-corrected chi connectivity index (χ4v) is 3.57. The average molecular weight is 391 g/mol. The molecule has 0 aliphatic carbocycles. The van der Waals surface area contributed by atoms with E-state index in [9.17, 15) is 30.0 Å². The highest BCUT2D eigenvalue weighted by atomic mass is 17.0. The molecule has 3 aliphatic rings. The van der Waals surface area contributed by atoms with Crippen LogP contribution in [0.4, 0.5) is 0 Å². The Bertz CT molecular complexity index is 602. The van der Waals surface area contributed by atoms with Crippen LogP contribution < -0.4 is 0 Å². The molecule has 0 spiro atoms. The SMILES string of the molecule is CC(=O)N(C)C1COC(CO)C(O)C1OC12OC(C(=O)O)C(C)C(O)C1O2. The Labute approximate surface area is 155 Å². The molecule has 9 atom stereocenters. The summed E-state index contributed by atoms with van der Waals surface area (Å²) >= 11 is 0. The summed E-state index contributed by atoms with van der Waals surface area (Å²) in [4.78, 5) is 24.5. The molecule has 154 valence electrons. The van der Waals surface area contributed by atoms with Gasteiger partial charge < -0.3 is 44.3 Å². The summed E-state index contributed by atoms with van der Waals surface area (Å²) < 4.78 is 22.0. The van der Waals surface area contributed by atoms with Crippen LogP contribution >= 0.6 is 0 Å². The summed E-state index contributed by atoms with van der Waals surface area (Å²) in [5.41, 5.74) is 0. The molecule has 3 rings (SSSR count). The maximum absolute atomic E-state index is 11.8. The second-order valence-electron chi connectivity index (χ2n) is 7.19. The summed E-state index contributed by atoms with van der Waals surface area (Å²) in [7, 11) is 1.50. The number of aliphatic hydroxyl groups excluding tert-OH is 3. The minimum Gasteiger partial charge on any atom is -0.479 e.